The third-order valence-electron chi connectivity index (χ3n) is 3.24. The molecule has 17 heavy (non-hydrogen) atoms. The summed E-state index contributed by atoms with van der Waals surface area (Å²) in [6.07, 6.45) is 14.2. The van der Waals surface area contributed by atoms with Crippen LogP contribution in [0, 0.1) is 0 Å². The van der Waals surface area contributed by atoms with Crippen molar-refractivity contribution < 1.29 is 0 Å². The SMILES string of the molecule is CN1C2=C(C=CCC=C2)C=Cc2ccccc21. The highest BCUT2D eigenvalue weighted by Gasteiger charge is 2.14. The number of hydrogen-bond acceptors (Lipinski definition) is 1. The van der Waals surface area contributed by atoms with Crippen LogP contribution < -0.4 is 4.90 Å². The van der Waals surface area contributed by atoms with Crippen molar-refractivity contribution in [1.29, 1.82) is 0 Å². The first-order valence-electron chi connectivity index (χ1n) is 5.94. The van der Waals surface area contributed by atoms with Crippen LogP contribution >= 0.6 is 0 Å². The van der Waals surface area contributed by atoms with Gasteiger partial charge in [0.1, 0.15) is 0 Å². The fourth-order valence-corrected chi connectivity index (χ4v) is 2.32. The van der Waals surface area contributed by atoms with E-state index in [2.05, 4.69) is 72.7 Å². The van der Waals surface area contributed by atoms with Crippen molar-refractivity contribution in [3.05, 3.63) is 71.5 Å². The number of allylic oxidation sites excluding steroid dienone is 6. The number of fused-ring (bicyclic) bond motifs is 1. The first-order valence-corrected chi connectivity index (χ1v) is 5.94. The number of likely N-dealkylation sites (N-methyl/N-ethyl adjacent to an activating group) is 1. The van der Waals surface area contributed by atoms with E-state index < -0.39 is 0 Å². The summed E-state index contributed by atoms with van der Waals surface area (Å²) in [5.74, 6) is 0. The van der Waals surface area contributed by atoms with Crippen molar-refractivity contribution in [2.75, 3.05) is 11.9 Å². The molecule has 84 valence electrons. The Morgan fingerprint density at radius 1 is 0.941 bits per heavy atom. The van der Waals surface area contributed by atoms with Gasteiger partial charge in [0.2, 0.25) is 0 Å². The van der Waals surface area contributed by atoms with Gasteiger partial charge >= 0.3 is 0 Å². The van der Waals surface area contributed by atoms with E-state index in [0.717, 1.165) is 6.42 Å². The van der Waals surface area contributed by atoms with Gasteiger partial charge in [0, 0.05) is 18.4 Å². The van der Waals surface area contributed by atoms with Crippen LogP contribution in [-0.4, -0.2) is 7.05 Å². The quantitative estimate of drug-likeness (QED) is 0.641. The van der Waals surface area contributed by atoms with Gasteiger partial charge in [0.05, 0.1) is 0 Å². The summed E-state index contributed by atoms with van der Waals surface area (Å²) in [6.45, 7) is 0. The molecule has 1 aromatic rings. The van der Waals surface area contributed by atoms with Gasteiger partial charge in [0.15, 0.2) is 0 Å². The van der Waals surface area contributed by atoms with Gasteiger partial charge in [-0.25, -0.2) is 0 Å². The Labute approximate surface area is 102 Å². The van der Waals surface area contributed by atoms with Gasteiger partial charge in [-0.15, -0.1) is 0 Å². The molecule has 0 amide bonds. The van der Waals surface area contributed by atoms with E-state index in [-0.39, 0.29) is 0 Å². The van der Waals surface area contributed by atoms with Crippen molar-refractivity contribution in [1.82, 2.24) is 0 Å². The second-order valence-corrected chi connectivity index (χ2v) is 4.33. The molecule has 0 fully saturated rings. The molecule has 1 heterocycles. The van der Waals surface area contributed by atoms with E-state index in [1.54, 1.807) is 0 Å². The Balaban J connectivity index is 2.19. The summed E-state index contributed by atoms with van der Waals surface area (Å²) < 4.78 is 0. The molecule has 0 spiro atoms. The normalized spacial score (nSPS) is 17.6. The highest BCUT2D eigenvalue weighted by Crippen LogP contribution is 2.30. The van der Waals surface area contributed by atoms with Gasteiger partial charge in [-0.2, -0.15) is 0 Å². The second kappa shape index (κ2) is 4.10. The maximum absolute atomic E-state index is 2.26. The summed E-state index contributed by atoms with van der Waals surface area (Å²) >= 11 is 0. The van der Waals surface area contributed by atoms with Crippen molar-refractivity contribution in [3.63, 3.8) is 0 Å². The van der Waals surface area contributed by atoms with Crippen LogP contribution in [0.4, 0.5) is 5.69 Å². The topological polar surface area (TPSA) is 3.24 Å². The van der Waals surface area contributed by atoms with Gasteiger partial charge in [-0.1, -0.05) is 48.6 Å². The summed E-state index contributed by atoms with van der Waals surface area (Å²) in [7, 11) is 2.13. The van der Waals surface area contributed by atoms with Crippen molar-refractivity contribution in [3.8, 4) is 0 Å². The van der Waals surface area contributed by atoms with Crippen LogP contribution in [0.15, 0.2) is 65.9 Å². The third-order valence-corrected chi connectivity index (χ3v) is 3.24. The molecule has 0 bridgehead atoms. The highest BCUT2D eigenvalue weighted by molar-refractivity contribution is 5.75. The van der Waals surface area contributed by atoms with E-state index in [1.165, 1.54) is 22.5 Å². The fourth-order valence-electron chi connectivity index (χ4n) is 2.32. The average molecular weight is 221 g/mol. The predicted octanol–water partition coefficient (Wildman–Crippen LogP) is 3.92. The van der Waals surface area contributed by atoms with E-state index in [9.17, 15) is 0 Å². The second-order valence-electron chi connectivity index (χ2n) is 4.33. The molecule has 1 aromatic carbocycles. The lowest BCUT2D eigenvalue weighted by Gasteiger charge is -2.22. The molecule has 0 radical (unpaired) electrons. The largest absolute Gasteiger partial charge is 0.344 e. The highest BCUT2D eigenvalue weighted by atomic mass is 15.1. The molecule has 1 heteroatoms. The predicted molar refractivity (Wildman–Crippen MR) is 73.8 cm³/mol. The monoisotopic (exact) mass is 221 g/mol. The van der Waals surface area contributed by atoms with Crippen molar-refractivity contribution in [2.24, 2.45) is 0 Å². The smallest absolute Gasteiger partial charge is 0.0481 e. The number of nitrogens with zero attached hydrogens (tertiary/aromatic N) is 1. The molecule has 0 saturated carbocycles. The molecule has 0 aromatic heterocycles. The van der Waals surface area contributed by atoms with Crippen LogP contribution in [-0.2, 0) is 0 Å². The van der Waals surface area contributed by atoms with Crippen LogP contribution in [0.1, 0.15) is 12.0 Å². The molecule has 1 aliphatic carbocycles. The van der Waals surface area contributed by atoms with E-state index in [1.807, 2.05) is 0 Å². The van der Waals surface area contributed by atoms with Crippen LogP contribution in [0.2, 0.25) is 0 Å². The van der Waals surface area contributed by atoms with Crippen LogP contribution in [0.5, 0.6) is 0 Å². The third kappa shape index (κ3) is 1.74. The zero-order valence-electron chi connectivity index (χ0n) is 9.93. The van der Waals surface area contributed by atoms with Crippen LogP contribution in [0.3, 0.4) is 0 Å². The summed E-state index contributed by atoms with van der Waals surface area (Å²) in [4.78, 5) is 2.26. The number of hydrogen-bond donors (Lipinski definition) is 0. The lowest BCUT2D eigenvalue weighted by Crippen LogP contribution is -2.16. The lowest BCUT2D eigenvalue weighted by molar-refractivity contribution is 1.13. The first-order chi connectivity index (χ1) is 8.36. The molecule has 0 N–H and O–H groups in total. The first kappa shape index (κ1) is 10.2. The summed E-state index contributed by atoms with van der Waals surface area (Å²) in [5, 5.41) is 0. The number of rotatable bonds is 0. The average Bonchev–Trinajstić information content (AvgIpc) is 2.66. The fraction of sp³-hybridized carbons (Fsp3) is 0.125. The number of benzene rings is 1. The maximum atomic E-state index is 2.26. The maximum Gasteiger partial charge on any atom is 0.0481 e. The Morgan fingerprint density at radius 2 is 1.76 bits per heavy atom. The molecular formula is C16H15N. The van der Waals surface area contributed by atoms with Crippen LogP contribution in [0.25, 0.3) is 6.08 Å². The zero-order valence-corrected chi connectivity index (χ0v) is 9.93. The number of para-hydroxylation sites is 1. The standard InChI is InChI=1S/C16H15N/c1-17-15-9-4-2-3-7-13(15)11-12-14-8-5-6-10-16(14)17/h3-12H,2H2,1H3. The number of anilines is 1. The molecule has 2 aliphatic rings. The molecule has 1 nitrogen and oxygen atoms in total. The molecule has 0 unspecified atom stereocenters. The molecule has 0 atom stereocenters. The Morgan fingerprint density at radius 3 is 2.71 bits per heavy atom. The molecular weight excluding hydrogens is 206 g/mol. The van der Waals surface area contributed by atoms with Gasteiger partial charge in [0.25, 0.3) is 0 Å². The van der Waals surface area contributed by atoms with Gasteiger partial charge < -0.3 is 4.90 Å². The van der Waals surface area contributed by atoms with E-state index in [0.29, 0.717) is 0 Å². The lowest BCUT2D eigenvalue weighted by atomic mass is 10.1. The van der Waals surface area contributed by atoms with Crippen molar-refractivity contribution in [2.45, 2.75) is 6.42 Å². The Bertz CT molecular complexity index is 559. The Hall–Kier alpha value is -2.02. The Kier molecular flexibility index (Phi) is 2.45. The van der Waals surface area contributed by atoms with E-state index in [4.69, 9.17) is 0 Å². The summed E-state index contributed by atoms with van der Waals surface area (Å²) in [6, 6.07) is 8.49. The summed E-state index contributed by atoms with van der Waals surface area (Å²) in [5.41, 5.74) is 5.07. The zero-order chi connectivity index (χ0) is 11.7. The molecule has 0 saturated heterocycles. The van der Waals surface area contributed by atoms with Crippen molar-refractivity contribution >= 4 is 11.8 Å². The van der Waals surface area contributed by atoms with Gasteiger partial charge in [-0.3, -0.25) is 0 Å². The minimum absolute atomic E-state index is 1.01. The molecule has 3 rings (SSSR count). The minimum atomic E-state index is 1.01. The molecule has 1 aliphatic heterocycles. The van der Waals surface area contributed by atoms with E-state index >= 15 is 0 Å². The minimum Gasteiger partial charge on any atom is -0.344 e. The van der Waals surface area contributed by atoms with Gasteiger partial charge in [-0.05, 0) is 29.7 Å².